The van der Waals surface area contributed by atoms with Crippen LogP contribution in [0, 0.1) is 6.92 Å². The molecular weight excluding hydrogens is 236 g/mol. The van der Waals surface area contributed by atoms with E-state index in [0.717, 1.165) is 23.4 Å². The fraction of sp³-hybridized carbons (Fsp3) is 0.562. The highest BCUT2D eigenvalue weighted by atomic mass is 16.3. The molecule has 19 heavy (non-hydrogen) atoms. The zero-order chi connectivity index (χ0) is 13.3. The predicted octanol–water partition coefficient (Wildman–Crippen LogP) is 3.60. The van der Waals surface area contributed by atoms with Crippen molar-refractivity contribution in [2.24, 2.45) is 0 Å². The lowest BCUT2D eigenvalue weighted by atomic mass is 9.79. The Morgan fingerprint density at radius 1 is 1.26 bits per heavy atom. The van der Waals surface area contributed by atoms with E-state index >= 15 is 0 Å². The summed E-state index contributed by atoms with van der Waals surface area (Å²) < 4.78 is 5.90. The van der Waals surface area contributed by atoms with Gasteiger partial charge >= 0.3 is 0 Å². The van der Waals surface area contributed by atoms with E-state index in [-0.39, 0.29) is 5.54 Å². The van der Waals surface area contributed by atoms with Gasteiger partial charge in [0.1, 0.15) is 5.52 Å². The van der Waals surface area contributed by atoms with Crippen LogP contribution in [-0.4, -0.2) is 17.6 Å². The summed E-state index contributed by atoms with van der Waals surface area (Å²) in [5.74, 6) is 0.872. The Morgan fingerprint density at radius 3 is 2.79 bits per heavy atom. The lowest BCUT2D eigenvalue weighted by Gasteiger charge is -2.36. The van der Waals surface area contributed by atoms with Gasteiger partial charge in [0.2, 0.25) is 0 Å². The van der Waals surface area contributed by atoms with Crippen LogP contribution < -0.4 is 5.32 Å². The molecule has 1 heterocycles. The first-order valence-electron chi connectivity index (χ1n) is 7.26. The summed E-state index contributed by atoms with van der Waals surface area (Å²) in [7, 11) is 2.07. The molecule has 0 atom stereocenters. The van der Waals surface area contributed by atoms with E-state index in [1.807, 2.05) is 6.07 Å². The molecule has 3 heteroatoms. The summed E-state index contributed by atoms with van der Waals surface area (Å²) >= 11 is 0. The van der Waals surface area contributed by atoms with Gasteiger partial charge in [0.05, 0.1) is 0 Å². The van der Waals surface area contributed by atoms with Crippen LogP contribution in [0.3, 0.4) is 0 Å². The highest BCUT2D eigenvalue weighted by Crippen LogP contribution is 2.31. The molecule has 0 saturated heterocycles. The van der Waals surface area contributed by atoms with Crippen LogP contribution in [0.25, 0.3) is 11.1 Å². The lowest BCUT2D eigenvalue weighted by Crippen LogP contribution is -2.46. The average molecular weight is 258 g/mol. The van der Waals surface area contributed by atoms with E-state index in [9.17, 15) is 0 Å². The van der Waals surface area contributed by atoms with Gasteiger partial charge in [-0.3, -0.25) is 0 Å². The summed E-state index contributed by atoms with van der Waals surface area (Å²) in [6.07, 6.45) is 7.32. The van der Waals surface area contributed by atoms with Gasteiger partial charge in [-0.25, -0.2) is 4.98 Å². The molecule has 1 saturated carbocycles. The van der Waals surface area contributed by atoms with Gasteiger partial charge in [-0.2, -0.15) is 0 Å². The van der Waals surface area contributed by atoms with Crippen molar-refractivity contribution in [2.45, 2.75) is 51.0 Å². The molecule has 0 amide bonds. The van der Waals surface area contributed by atoms with Gasteiger partial charge in [-0.1, -0.05) is 25.3 Å². The standard InChI is InChI=1S/C16H22N2O/c1-12-6-7-14-13(10-12)18-15(19-14)11-16(17-2)8-4-3-5-9-16/h6-7,10,17H,3-5,8-9,11H2,1-2H3. The molecule has 1 aliphatic carbocycles. The molecule has 0 spiro atoms. The molecule has 0 unspecified atom stereocenters. The van der Waals surface area contributed by atoms with Gasteiger partial charge in [0.25, 0.3) is 0 Å². The molecular formula is C16H22N2O. The molecule has 3 nitrogen and oxygen atoms in total. The molecule has 3 rings (SSSR count). The van der Waals surface area contributed by atoms with E-state index in [4.69, 9.17) is 4.42 Å². The van der Waals surface area contributed by atoms with Gasteiger partial charge in [-0.15, -0.1) is 0 Å². The summed E-state index contributed by atoms with van der Waals surface area (Å²) in [5.41, 5.74) is 3.31. The minimum Gasteiger partial charge on any atom is -0.441 e. The Balaban J connectivity index is 1.87. The third kappa shape index (κ3) is 2.52. The summed E-state index contributed by atoms with van der Waals surface area (Å²) in [6, 6.07) is 6.19. The quantitative estimate of drug-likeness (QED) is 0.914. The fourth-order valence-electron chi connectivity index (χ4n) is 3.19. The zero-order valence-corrected chi connectivity index (χ0v) is 11.8. The molecule has 0 aliphatic heterocycles. The second-order valence-electron chi connectivity index (χ2n) is 5.85. The average Bonchev–Trinajstić information content (AvgIpc) is 2.81. The number of nitrogens with zero attached hydrogens (tertiary/aromatic N) is 1. The van der Waals surface area contributed by atoms with E-state index < -0.39 is 0 Å². The predicted molar refractivity (Wildman–Crippen MR) is 77.3 cm³/mol. The number of rotatable bonds is 3. The van der Waals surface area contributed by atoms with Gasteiger partial charge in [0.15, 0.2) is 11.5 Å². The third-order valence-corrected chi connectivity index (χ3v) is 4.42. The minimum atomic E-state index is 0.189. The number of aryl methyl sites for hydroxylation is 1. The second kappa shape index (κ2) is 4.97. The number of hydrogen-bond donors (Lipinski definition) is 1. The summed E-state index contributed by atoms with van der Waals surface area (Å²) in [4.78, 5) is 4.65. The van der Waals surface area contributed by atoms with Crippen molar-refractivity contribution >= 4 is 11.1 Å². The van der Waals surface area contributed by atoms with E-state index in [0.29, 0.717) is 0 Å². The number of benzene rings is 1. The van der Waals surface area contributed by atoms with Crippen LogP contribution in [0.5, 0.6) is 0 Å². The number of fused-ring (bicyclic) bond motifs is 1. The number of nitrogens with one attached hydrogen (secondary N) is 1. The topological polar surface area (TPSA) is 38.1 Å². The van der Waals surface area contributed by atoms with Crippen molar-refractivity contribution in [3.63, 3.8) is 0 Å². The normalized spacial score (nSPS) is 18.8. The fourth-order valence-corrected chi connectivity index (χ4v) is 3.19. The van der Waals surface area contributed by atoms with Gasteiger partial charge in [0, 0.05) is 12.0 Å². The molecule has 1 aromatic heterocycles. The van der Waals surface area contributed by atoms with Crippen molar-refractivity contribution in [1.29, 1.82) is 0 Å². The molecule has 1 N–H and O–H groups in total. The Morgan fingerprint density at radius 2 is 2.05 bits per heavy atom. The molecule has 102 valence electrons. The molecule has 2 aromatic rings. The number of oxazole rings is 1. The number of likely N-dealkylation sites (N-methyl/N-ethyl adjacent to an activating group) is 1. The van der Waals surface area contributed by atoms with E-state index in [2.05, 4.69) is 36.4 Å². The van der Waals surface area contributed by atoms with Crippen LogP contribution in [-0.2, 0) is 6.42 Å². The maximum absolute atomic E-state index is 5.90. The zero-order valence-electron chi connectivity index (χ0n) is 11.8. The third-order valence-electron chi connectivity index (χ3n) is 4.42. The number of hydrogen-bond acceptors (Lipinski definition) is 3. The first-order valence-corrected chi connectivity index (χ1v) is 7.26. The largest absolute Gasteiger partial charge is 0.441 e. The van der Waals surface area contributed by atoms with Crippen LogP contribution in [0.15, 0.2) is 22.6 Å². The van der Waals surface area contributed by atoms with Crippen molar-refractivity contribution in [2.75, 3.05) is 7.05 Å². The van der Waals surface area contributed by atoms with Crippen molar-refractivity contribution in [1.82, 2.24) is 10.3 Å². The van der Waals surface area contributed by atoms with E-state index in [1.54, 1.807) is 0 Å². The van der Waals surface area contributed by atoms with Crippen LogP contribution in [0.1, 0.15) is 43.6 Å². The monoisotopic (exact) mass is 258 g/mol. The number of aromatic nitrogens is 1. The lowest BCUT2D eigenvalue weighted by molar-refractivity contribution is 0.230. The summed E-state index contributed by atoms with van der Waals surface area (Å²) in [6.45, 7) is 2.09. The maximum atomic E-state index is 5.90. The molecule has 1 aliphatic rings. The van der Waals surface area contributed by atoms with Crippen molar-refractivity contribution in [3.05, 3.63) is 29.7 Å². The minimum absolute atomic E-state index is 0.189. The van der Waals surface area contributed by atoms with Crippen molar-refractivity contribution < 1.29 is 4.42 Å². The van der Waals surface area contributed by atoms with Gasteiger partial charge < -0.3 is 9.73 Å². The Labute approximate surface area is 114 Å². The smallest absolute Gasteiger partial charge is 0.197 e. The SMILES string of the molecule is CNC1(Cc2nc3cc(C)ccc3o2)CCCCC1. The first-order chi connectivity index (χ1) is 9.21. The van der Waals surface area contributed by atoms with Crippen LogP contribution in [0.2, 0.25) is 0 Å². The van der Waals surface area contributed by atoms with Crippen molar-refractivity contribution in [3.8, 4) is 0 Å². The molecule has 1 aromatic carbocycles. The Bertz CT molecular complexity index is 567. The van der Waals surface area contributed by atoms with Crippen LogP contribution >= 0.6 is 0 Å². The maximum Gasteiger partial charge on any atom is 0.197 e. The second-order valence-corrected chi connectivity index (χ2v) is 5.85. The van der Waals surface area contributed by atoms with E-state index in [1.165, 1.54) is 37.7 Å². The van der Waals surface area contributed by atoms with Crippen LogP contribution in [0.4, 0.5) is 0 Å². The Kier molecular flexibility index (Phi) is 3.31. The molecule has 0 radical (unpaired) electrons. The highest BCUT2D eigenvalue weighted by Gasteiger charge is 2.32. The molecule has 1 fully saturated rings. The molecule has 0 bridgehead atoms. The first kappa shape index (κ1) is 12.7. The highest BCUT2D eigenvalue weighted by molar-refractivity contribution is 5.73. The van der Waals surface area contributed by atoms with Gasteiger partial charge in [-0.05, 0) is 44.5 Å². The summed E-state index contributed by atoms with van der Waals surface area (Å²) in [5, 5.41) is 3.52. The Hall–Kier alpha value is -1.35.